The van der Waals surface area contributed by atoms with Crippen molar-refractivity contribution in [2.24, 2.45) is 0 Å². The van der Waals surface area contributed by atoms with E-state index in [1.807, 2.05) is 21.1 Å². The van der Waals surface area contributed by atoms with E-state index in [0.717, 1.165) is 57.8 Å². The van der Waals surface area contributed by atoms with Crippen LogP contribution in [0.15, 0.2) is 36.5 Å². The second-order valence-electron chi connectivity index (χ2n) is 18.5. The van der Waals surface area contributed by atoms with Gasteiger partial charge in [0.05, 0.1) is 27.7 Å². The van der Waals surface area contributed by atoms with Crippen LogP contribution >= 0.6 is 7.82 Å². The van der Waals surface area contributed by atoms with Gasteiger partial charge in [0.15, 0.2) is 6.10 Å². The molecular weight excluding hydrogens is 798 g/mol. The van der Waals surface area contributed by atoms with E-state index < -0.39 is 26.5 Å². The van der Waals surface area contributed by atoms with Crippen molar-refractivity contribution in [3.05, 3.63) is 36.5 Å². The van der Waals surface area contributed by atoms with Gasteiger partial charge in [-0.15, -0.1) is 0 Å². The Labute approximate surface area is 382 Å². The Morgan fingerprint density at radius 1 is 0.500 bits per heavy atom. The summed E-state index contributed by atoms with van der Waals surface area (Å²) in [6.45, 7) is 4.22. The van der Waals surface area contributed by atoms with Crippen molar-refractivity contribution in [3.63, 3.8) is 0 Å². The van der Waals surface area contributed by atoms with Crippen LogP contribution in [0.4, 0.5) is 0 Å². The number of phosphoric ester groups is 1. The maximum absolute atomic E-state index is 12.7. The fraction of sp³-hybridized carbons (Fsp3) is 0.846. The topological polar surface area (TPSA) is 111 Å². The fourth-order valence-electron chi connectivity index (χ4n) is 7.09. The third-order valence-corrected chi connectivity index (χ3v) is 12.1. The smallest absolute Gasteiger partial charge is 0.306 e. The Bertz CT molecular complexity index is 1150. The number of allylic oxidation sites excluding steroid dienone is 6. The van der Waals surface area contributed by atoms with Gasteiger partial charge >= 0.3 is 11.9 Å². The molecule has 0 rings (SSSR count). The highest BCUT2D eigenvalue weighted by atomic mass is 31.2. The standard InChI is InChI=1S/C52H98NO8P/c1-6-8-10-12-14-16-18-20-22-24-25-26-27-29-31-33-35-37-39-41-43-45-52(55)61-50(49-60-62(56,57)59-47-46-53(3,4)5)48-58-51(54)44-42-40-38-36-34-32-30-28-23-21-19-17-15-13-11-9-7-2/h15,17,20-23,50H,6-14,16,18-19,24-49H2,1-5H3/b17-15-,22-20-,23-21-/t50-/m1/s1. The summed E-state index contributed by atoms with van der Waals surface area (Å²) >= 11 is 0. The summed E-state index contributed by atoms with van der Waals surface area (Å²) in [5.41, 5.74) is 0. The van der Waals surface area contributed by atoms with Gasteiger partial charge in [-0.25, -0.2) is 0 Å². The van der Waals surface area contributed by atoms with Crippen LogP contribution in [-0.2, 0) is 32.7 Å². The predicted octanol–water partition coefficient (Wildman–Crippen LogP) is 14.6. The highest BCUT2D eigenvalue weighted by Crippen LogP contribution is 2.38. The first-order valence-electron chi connectivity index (χ1n) is 25.7. The van der Waals surface area contributed by atoms with Gasteiger partial charge < -0.3 is 27.9 Å². The molecule has 9 nitrogen and oxygen atoms in total. The number of nitrogens with zero attached hydrogens (tertiary/aromatic N) is 1. The van der Waals surface area contributed by atoms with Crippen LogP contribution in [0.1, 0.15) is 232 Å². The van der Waals surface area contributed by atoms with E-state index in [1.54, 1.807) is 0 Å². The highest BCUT2D eigenvalue weighted by molar-refractivity contribution is 7.45. The lowest BCUT2D eigenvalue weighted by atomic mass is 10.0. The van der Waals surface area contributed by atoms with Crippen molar-refractivity contribution in [2.75, 3.05) is 47.5 Å². The zero-order valence-electron chi connectivity index (χ0n) is 41.1. The number of likely N-dealkylation sites (N-methyl/N-ethyl adjacent to an activating group) is 1. The quantitative estimate of drug-likeness (QED) is 0.0195. The molecule has 0 radical (unpaired) electrons. The average molecular weight is 896 g/mol. The Hall–Kier alpha value is -1.77. The van der Waals surface area contributed by atoms with E-state index in [1.165, 1.54) is 141 Å². The predicted molar refractivity (Wildman–Crippen MR) is 259 cm³/mol. The Morgan fingerprint density at radius 3 is 1.32 bits per heavy atom. The van der Waals surface area contributed by atoms with Crippen LogP contribution in [0.5, 0.6) is 0 Å². The van der Waals surface area contributed by atoms with Crippen LogP contribution in [0.3, 0.4) is 0 Å². The molecule has 0 bridgehead atoms. The maximum atomic E-state index is 12.7. The number of carbonyl (C=O) groups is 2. The van der Waals surface area contributed by atoms with E-state index in [9.17, 15) is 19.0 Å². The molecule has 0 fully saturated rings. The summed E-state index contributed by atoms with van der Waals surface area (Å²) in [6, 6.07) is 0. The van der Waals surface area contributed by atoms with Crippen molar-refractivity contribution >= 4 is 19.8 Å². The number of quaternary nitrogens is 1. The van der Waals surface area contributed by atoms with Crippen LogP contribution in [0.2, 0.25) is 0 Å². The zero-order valence-corrected chi connectivity index (χ0v) is 42.0. The van der Waals surface area contributed by atoms with Gasteiger partial charge in [-0.05, 0) is 70.6 Å². The molecule has 62 heavy (non-hydrogen) atoms. The van der Waals surface area contributed by atoms with E-state index in [0.29, 0.717) is 17.4 Å². The first kappa shape index (κ1) is 60.2. The molecule has 2 atom stereocenters. The molecule has 10 heteroatoms. The minimum absolute atomic E-state index is 0.0318. The minimum Gasteiger partial charge on any atom is -0.756 e. The van der Waals surface area contributed by atoms with Crippen LogP contribution in [0.25, 0.3) is 0 Å². The summed E-state index contributed by atoms with van der Waals surface area (Å²) in [5, 5.41) is 0. The number of hydrogen-bond donors (Lipinski definition) is 0. The van der Waals surface area contributed by atoms with Gasteiger partial charge in [0, 0.05) is 12.8 Å². The molecule has 0 N–H and O–H groups in total. The maximum Gasteiger partial charge on any atom is 0.306 e. The SMILES string of the molecule is CCCCC/C=C\C/C=C\CCCCCCCCCC(=O)OC[C@H](COP(=O)([O-])OCC[N+](C)(C)C)OC(=O)CCCCCCCCCCCCC/C=C\CCCCCCCC. The molecule has 0 aliphatic carbocycles. The summed E-state index contributed by atoms with van der Waals surface area (Å²) in [7, 11) is 1.16. The molecule has 0 spiro atoms. The summed E-state index contributed by atoms with van der Waals surface area (Å²) in [4.78, 5) is 37.7. The summed E-state index contributed by atoms with van der Waals surface area (Å²) < 4.78 is 34.0. The normalized spacial score (nSPS) is 13.7. The number of rotatable bonds is 47. The van der Waals surface area contributed by atoms with Gasteiger partial charge in [0.25, 0.3) is 7.82 Å². The zero-order chi connectivity index (χ0) is 45.7. The number of unbranched alkanes of at least 4 members (excludes halogenated alkanes) is 27. The lowest BCUT2D eigenvalue weighted by molar-refractivity contribution is -0.870. The molecule has 0 saturated carbocycles. The lowest BCUT2D eigenvalue weighted by Crippen LogP contribution is -2.37. The van der Waals surface area contributed by atoms with Crippen LogP contribution in [-0.4, -0.2) is 70.0 Å². The Morgan fingerprint density at radius 2 is 0.871 bits per heavy atom. The molecule has 0 aromatic carbocycles. The molecule has 0 aromatic heterocycles. The van der Waals surface area contributed by atoms with Gasteiger partial charge in [-0.1, -0.05) is 185 Å². The molecule has 364 valence electrons. The molecule has 0 aliphatic rings. The third-order valence-electron chi connectivity index (χ3n) is 11.1. The van der Waals surface area contributed by atoms with Crippen molar-refractivity contribution in [2.45, 2.75) is 238 Å². The molecule has 0 amide bonds. The molecule has 0 saturated heterocycles. The fourth-order valence-corrected chi connectivity index (χ4v) is 7.82. The largest absolute Gasteiger partial charge is 0.756 e. The monoisotopic (exact) mass is 896 g/mol. The van der Waals surface area contributed by atoms with Gasteiger partial charge in [-0.3, -0.25) is 14.2 Å². The molecule has 0 aromatic rings. The van der Waals surface area contributed by atoms with Crippen molar-refractivity contribution in [1.82, 2.24) is 0 Å². The van der Waals surface area contributed by atoms with Crippen molar-refractivity contribution in [3.8, 4) is 0 Å². The van der Waals surface area contributed by atoms with Crippen LogP contribution in [0, 0.1) is 0 Å². The summed E-state index contributed by atoms with van der Waals surface area (Å²) in [5.74, 6) is -0.837. The number of esters is 2. The Balaban J connectivity index is 4.25. The summed E-state index contributed by atoms with van der Waals surface area (Å²) in [6.07, 6.45) is 51.7. The van der Waals surface area contributed by atoms with E-state index in [2.05, 4.69) is 50.3 Å². The molecule has 0 heterocycles. The molecule has 0 aliphatic heterocycles. The van der Waals surface area contributed by atoms with Gasteiger partial charge in [0.2, 0.25) is 0 Å². The van der Waals surface area contributed by atoms with Crippen molar-refractivity contribution < 1.29 is 42.1 Å². The number of carbonyl (C=O) groups excluding carboxylic acids is 2. The minimum atomic E-state index is -4.63. The van der Waals surface area contributed by atoms with E-state index in [4.69, 9.17) is 18.5 Å². The number of hydrogen-bond acceptors (Lipinski definition) is 8. The highest BCUT2D eigenvalue weighted by Gasteiger charge is 2.21. The van der Waals surface area contributed by atoms with Crippen molar-refractivity contribution in [1.29, 1.82) is 0 Å². The molecular formula is C52H98NO8P. The van der Waals surface area contributed by atoms with E-state index >= 15 is 0 Å². The molecule has 1 unspecified atom stereocenters. The first-order chi connectivity index (χ1) is 30.0. The number of phosphoric acid groups is 1. The first-order valence-corrected chi connectivity index (χ1v) is 27.2. The Kier molecular flexibility index (Phi) is 43.2. The number of ether oxygens (including phenoxy) is 2. The second-order valence-corrected chi connectivity index (χ2v) is 19.9. The van der Waals surface area contributed by atoms with Crippen LogP contribution < -0.4 is 4.89 Å². The van der Waals surface area contributed by atoms with Gasteiger partial charge in [0.1, 0.15) is 19.8 Å². The lowest BCUT2D eigenvalue weighted by Gasteiger charge is -2.28. The third kappa shape index (κ3) is 47.7. The average Bonchev–Trinajstić information content (AvgIpc) is 3.23. The van der Waals surface area contributed by atoms with E-state index in [-0.39, 0.29) is 32.0 Å². The second kappa shape index (κ2) is 44.4. The van der Waals surface area contributed by atoms with Gasteiger partial charge in [-0.2, -0.15) is 0 Å².